The smallest absolute Gasteiger partial charge is 0.412 e. The van der Waals surface area contributed by atoms with Crippen molar-refractivity contribution in [2.75, 3.05) is 43.1 Å². The van der Waals surface area contributed by atoms with Crippen LogP contribution in [0.25, 0.3) is 0 Å². The highest BCUT2D eigenvalue weighted by molar-refractivity contribution is 5.88. The molecule has 2 amide bonds. The number of terminal acetylenes is 1. The van der Waals surface area contributed by atoms with Crippen molar-refractivity contribution in [2.45, 2.75) is 57.1 Å². The molecule has 2 saturated heterocycles. The number of rotatable bonds is 5. The average molecular weight is 457 g/mol. The Hall–Kier alpha value is -2.99. The van der Waals surface area contributed by atoms with Crippen LogP contribution < -0.4 is 14.5 Å². The summed E-state index contributed by atoms with van der Waals surface area (Å²) >= 11 is 0. The molecule has 178 valence electrons. The van der Waals surface area contributed by atoms with Crippen LogP contribution in [0.1, 0.15) is 44.9 Å². The first-order valence-corrected chi connectivity index (χ1v) is 11.6. The quantitative estimate of drug-likeness (QED) is 0.655. The molecule has 0 aromatic carbocycles. The minimum atomic E-state index is -1.16. The number of aliphatic hydroxyl groups is 1. The summed E-state index contributed by atoms with van der Waals surface area (Å²) in [6.45, 7) is 1.99. The maximum atomic E-state index is 13.6. The second-order valence-corrected chi connectivity index (χ2v) is 9.31. The van der Waals surface area contributed by atoms with Gasteiger partial charge in [0.15, 0.2) is 11.6 Å². The zero-order valence-electron chi connectivity index (χ0n) is 19.1. The van der Waals surface area contributed by atoms with Crippen LogP contribution in [0, 0.1) is 17.8 Å². The minimum Gasteiger partial charge on any atom is -0.493 e. The van der Waals surface area contributed by atoms with E-state index in [4.69, 9.17) is 11.2 Å². The SMILES string of the molecule is C#CCN(C(=O)O)c1cnc(N2CCC[C@]3(CCN([C@H]4CC[C@@H](O)CC4)C3=O)C2)c(OC)c1. The average Bonchev–Trinajstić information content (AvgIpc) is 3.12. The number of nitrogens with zero attached hydrogens (tertiary/aromatic N) is 4. The van der Waals surface area contributed by atoms with Crippen molar-refractivity contribution < 1.29 is 24.5 Å². The second kappa shape index (κ2) is 9.48. The van der Waals surface area contributed by atoms with Crippen LogP contribution in [0.15, 0.2) is 12.3 Å². The van der Waals surface area contributed by atoms with Crippen LogP contribution in [-0.2, 0) is 4.79 Å². The van der Waals surface area contributed by atoms with Gasteiger partial charge >= 0.3 is 6.09 Å². The molecule has 9 heteroatoms. The van der Waals surface area contributed by atoms with Crippen molar-refractivity contribution in [1.82, 2.24) is 9.88 Å². The first kappa shape index (κ1) is 23.2. The highest BCUT2D eigenvalue weighted by Gasteiger charge is 2.51. The number of carbonyl (C=O) groups is 2. The molecular weight excluding hydrogens is 424 g/mol. The fourth-order valence-corrected chi connectivity index (χ4v) is 5.58. The maximum absolute atomic E-state index is 13.6. The number of likely N-dealkylation sites (tertiary alicyclic amines) is 1. The van der Waals surface area contributed by atoms with Crippen molar-refractivity contribution in [3.05, 3.63) is 12.3 Å². The van der Waals surface area contributed by atoms with Crippen LogP contribution >= 0.6 is 0 Å². The van der Waals surface area contributed by atoms with Crippen molar-refractivity contribution >= 4 is 23.5 Å². The Balaban J connectivity index is 1.53. The van der Waals surface area contributed by atoms with Gasteiger partial charge in [0.2, 0.25) is 5.91 Å². The number of carbonyl (C=O) groups excluding carboxylic acids is 1. The fraction of sp³-hybridized carbons (Fsp3) is 0.625. The predicted octanol–water partition coefficient (Wildman–Crippen LogP) is 2.33. The highest BCUT2D eigenvalue weighted by Crippen LogP contribution is 2.44. The van der Waals surface area contributed by atoms with E-state index < -0.39 is 11.5 Å². The Morgan fingerprint density at radius 3 is 2.76 bits per heavy atom. The number of piperidine rings is 1. The van der Waals surface area contributed by atoms with E-state index in [-0.39, 0.29) is 24.6 Å². The number of carboxylic acid groups (broad SMARTS) is 1. The number of aromatic nitrogens is 1. The molecule has 1 saturated carbocycles. The van der Waals surface area contributed by atoms with E-state index >= 15 is 0 Å². The van der Waals surface area contributed by atoms with Crippen LogP contribution in [-0.4, -0.2) is 77.5 Å². The Morgan fingerprint density at radius 2 is 2.09 bits per heavy atom. The molecule has 1 spiro atoms. The minimum absolute atomic E-state index is 0.0884. The third kappa shape index (κ3) is 4.44. The van der Waals surface area contributed by atoms with Gasteiger partial charge in [-0.15, -0.1) is 6.42 Å². The van der Waals surface area contributed by atoms with E-state index in [9.17, 15) is 19.8 Å². The fourth-order valence-electron chi connectivity index (χ4n) is 5.58. The van der Waals surface area contributed by atoms with Crippen LogP contribution in [0.4, 0.5) is 16.3 Å². The lowest BCUT2D eigenvalue weighted by atomic mass is 9.78. The number of amides is 2. The van der Waals surface area contributed by atoms with E-state index in [2.05, 4.69) is 15.8 Å². The molecule has 4 rings (SSSR count). The normalized spacial score (nSPS) is 27.5. The lowest BCUT2D eigenvalue weighted by Crippen LogP contribution is -2.50. The molecule has 1 atom stereocenters. The van der Waals surface area contributed by atoms with E-state index in [1.807, 2.05) is 4.90 Å². The Bertz CT molecular complexity index is 939. The summed E-state index contributed by atoms with van der Waals surface area (Å²) in [5.74, 6) is 3.63. The summed E-state index contributed by atoms with van der Waals surface area (Å²) in [6.07, 6.45) is 11.2. The Morgan fingerprint density at radius 1 is 1.33 bits per heavy atom. The van der Waals surface area contributed by atoms with Gasteiger partial charge in [0.05, 0.1) is 37.1 Å². The highest BCUT2D eigenvalue weighted by atomic mass is 16.5. The van der Waals surface area contributed by atoms with Gasteiger partial charge in [0.1, 0.15) is 0 Å². The molecule has 1 aliphatic carbocycles. The molecule has 2 aliphatic heterocycles. The number of hydrogen-bond donors (Lipinski definition) is 2. The number of aliphatic hydroxyl groups excluding tert-OH is 1. The van der Waals surface area contributed by atoms with Crippen molar-refractivity contribution in [2.24, 2.45) is 5.41 Å². The van der Waals surface area contributed by atoms with Crippen molar-refractivity contribution in [3.63, 3.8) is 0 Å². The lowest BCUT2D eigenvalue weighted by molar-refractivity contribution is -0.139. The third-order valence-corrected chi connectivity index (χ3v) is 7.36. The van der Waals surface area contributed by atoms with E-state index in [1.165, 1.54) is 13.3 Å². The maximum Gasteiger partial charge on any atom is 0.412 e. The number of ether oxygens (including phenoxy) is 1. The van der Waals surface area contributed by atoms with Gasteiger partial charge in [-0.1, -0.05) is 5.92 Å². The zero-order valence-corrected chi connectivity index (χ0v) is 19.1. The number of methoxy groups -OCH3 is 1. The van der Waals surface area contributed by atoms with E-state index in [0.717, 1.165) is 62.9 Å². The molecule has 3 heterocycles. The van der Waals surface area contributed by atoms with Crippen molar-refractivity contribution in [1.29, 1.82) is 0 Å². The van der Waals surface area contributed by atoms with Gasteiger partial charge in [-0.25, -0.2) is 9.78 Å². The van der Waals surface area contributed by atoms with Gasteiger partial charge in [-0.3, -0.25) is 9.69 Å². The van der Waals surface area contributed by atoms with Gasteiger partial charge in [0.25, 0.3) is 0 Å². The number of anilines is 2. The van der Waals surface area contributed by atoms with Gasteiger partial charge < -0.3 is 24.7 Å². The molecule has 0 radical (unpaired) electrons. The zero-order chi connectivity index (χ0) is 23.6. The number of pyridine rings is 1. The molecule has 2 N–H and O–H groups in total. The largest absolute Gasteiger partial charge is 0.493 e. The molecule has 3 aliphatic rings. The standard InChI is InChI=1S/C24H32N4O5/c1-3-11-28(23(31)32)18-14-20(33-2)21(25-15-18)26-12-4-9-24(16-26)10-13-27(22(24)30)17-5-7-19(29)8-6-17/h1,14-15,17,19,29H,4-13,16H2,2H3,(H,31,32)/t17-,19+,24-/m0/s1. The molecule has 0 unspecified atom stereocenters. The third-order valence-electron chi connectivity index (χ3n) is 7.36. The molecule has 0 bridgehead atoms. The van der Waals surface area contributed by atoms with Gasteiger partial charge in [0, 0.05) is 31.7 Å². The summed E-state index contributed by atoms with van der Waals surface area (Å²) in [7, 11) is 1.52. The first-order chi connectivity index (χ1) is 15.9. The Labute approximate surface area is 194 Å². The molecule has 3 fully saturated rings. The van der Waals surface area contributed by atoms with Crippen LogP contribution in [0.2, 0.25) is 0 Å². The van der Waals surface area contributed by atoms with Gasteiger partial charge in [-0.05, 0) is 44.9 Å². The summed E-state index contributed by atoms with van der Waals surface area (Å²) < 4.78 is 5.56. The second-order valence-electron chi connectivity index (χ2n) is 9.31. The summed E-state index contributed by atoms with van der Waals surface area (Å²) in [4.78, 5) is 34.8. The molecule has 9 nitrogen and oxygen atoms in total. The van der Waals surface area contributed by atoms with Crippen LogP contribution in [0.3, 0.4) is 0 Å². The van der Waals surface area contributed by atoms with Crippen LogP contribution in [0.5, 0.6) is 5.75 Å². The predicted molar refractivity (Wildman–Crippen MR) is 123 cm³/mol. The first-order valence-electron chi connectivity index (χ1n) is 11.6. The van der Waals surface area contributed by atoms with Crippen molar-refractivity contribution in [3.8, 4) is 18.1 Å². The molecule has 33 heavy (non-hydrogen) atoms. The van der Waals surface area contributed by atoms with E-state index in [0.29, 0.717) is 23.8 Å². The monoisotopic (exact) mass is 456 g/mol. The number of hydrogen-bond acceptors (Lipinski definition) is 6. The molecule has 1 aromatic heterocycles. The summed E-state index contributed by atoms with van der Waals surface area (Å²) in [6, 6.07) is 1.85. The van der Waals surface area contributed by atoms with E-state index in [1.54, 1.807) is 6.07 Å². The summed E-state index contributed by atoms with van der Waals surface area (Å²) in [5.41, 5.74) is -0.0913. The topological polar surface area (TPSA) is 106 Å². The van der Waals surface area contributed by atoms with Gasteiger partial charge in [-0.2, -0.15) is 0 Å². The molecule has 1 aromatic rings. The lowest BCUT2D eigenvalue weighted by Gasteiger charge is -2.41. The summed E-state index contributed by atoms with van der Waals surface area (Å²) in [5, 5.41) is 19.3. The Kier molecular flexibility index (Phi) is 6.66. The molecular formula is C24H32N4O5.